The highest BCUT2D eigenvalue weighted by molar-refractivity contribution is 6.09. The van der Waals surface area contributed by atoms with Gasteiger partial charge >= 0.3 is 0 Å². The fraction of sp³-hybridized carbons (Fsp3) is 0.0690. The maximum atomic E-state index is 5.11. The highest BCUT2D eigenvalue weighted by Crippen LogP contribution is 2.33. The van der Waals surface area contributed by atoms with Crippen LogP contribution in [0.2, 0.25) is 0 Å². The van der Waals surface area contributed by atoms with E-state index in [4.69, 9.17) is 4.98 Å². The summed E-state index contributed by atoms with van der Waals surface area (Å²) in [5, 5.41) is 3.52. The summed E-state index contributed by atoms with van der Waals surface area (Å²) < 4.78 is 4.43. The van der Waals surface area contributed by atoms with E-state index in [0.29, 0.717) is 0 Å². The van der Waals surface area contributed by atoms with E-state index >= 15 is 0 Å². The van der Waals surface area contributed by atoms with Gasteiger partial charge in [0, 0.05) is 28.1 Å². The van der Waals surface area contributed by atoms with Crippen LogP contribution in [-0.4, -0.2) is 14.1 Å². The van der Waals surface area contributed by atoms with Gasteiger partial charge in [-0.15, -0.1) is 0 Å². The Kier molecular flexibility index (Phi) is 3.51. The first-order valence-electron chi connectivity index (χ1n) is 10.8. The SMILES string of the molecule is c1ccc2c(c#1)c1c(n2-c2c#ccc(-n3c4ccccc4c4ccccc43)n2)CCC=C1. The fourth-order valence-corrected chi connectivity index (χ4v) is 5.00. The highest BCUT2D eigenvalue weighted by atomic mass is 15.1. The quantitative estimate of drug-likeness (QED) is 0.331. The number of fused-ring (bicyclic) bond motifs is 6. The van der Waals surface area contributed by atoms with Gasteiger partial charge in [-0.3, -0.25) is 9.13 Å². The fourth-order valence-electron chi connectivity index (χ4n) is 5.00. The van der Waals surface area contributed by atoms with Crippen molar-refractivity contribution < 1.29 is 0 Å². The van der Waals surface area contributed by atoms with Crippen LogP contribution in [0.25, 0.3) is 50.4 Å². The van der Waals surface area contributed by atoms with Gasteiger partial charge in [-0.2, -0.15) is 0 Å². The lowest BCUT2D eigenvalue weighted by atomic mass is 10.0. The Labute approximate surface area is 185 Å². The summed E-state index contributed by atoms with van der Waals surface area (Å²) in [6.07, 6.45) is 6.40. The van der Waals surface area contributed by atoms with Gasteiger partial charge in [0.05, 0.1) is 21.9 Å². The topological polar surface area (TPSA) is 22.8 Å². The van der Waals surface area contributed by atoms with E-state index in [9.17, 15) is 0 Å². The van der Waals surface area contributed by atoms with Crippen LogP contribution in [0.15, 0.2) is 72.8 Å². The van der Waals surface area contributed by atoms with Crippen molar-refractivity contribution in [1.82, 2.24) is 14.1 Å². The molecular formula is C29H17N3. The zero-order valence-electron chi connectivity index (χ0n) is 17.3. The number of allylic oxidation sites excluding steroid dienone is 1. The summed E-state index contributed by atoms with van der Waals surface area (Å²) in [6.45, 7) is 0. The van der Waals surface area contributed by atoms with E-state index < -0.39 is 0 Å². The second-order valence-electron chi connectivity index (χ2n) is 8.08. The predicted molar refractivity (Wildman–Crippen MR) is 128 cm³/mol. The highest BCUT2D eigenvalue weighted by Gasteiger charge is 2.20. The molecule has 0 radical (unpaired) electrons. The molecule has 148 valence electrons. The minimum absolute atomic E-state index is 0.755. The van der Waals surface area contributed by atoms with Crippen molar-refractivity contribution in [3.8, 4) is 11.6 Å². The molecule has 6 aromatic rings. The van der Waals surface area contributed by atoms with Crippen molar-refractivity contribution in [3.63, 3.8) is 0 Å². The summed E-state index contributed by atoms with van der Waals surface area (Å²) >= 11 is 0. The molecule has 0 bridgehead atoms. The minimum Gasteiger partial charge on any atom is -0.293 e. The first kappa shape index (κ1) is 17.2. The molecule has 32 heavy (non-hydrogen) atoms. The van der Waals surface area contributed by atoms with Gasteiger partial charge in [-0.05, 0) is 43.2 Å². The third-order valence-corrected chi connectivity index (χ3v) is 6.33. The molecule has 3 heteroatoms. The molecule has 3 nitrogen and oxygen atoms in total. The van der Waals surface area contributed by atoms with Crippen LogP contribution in [0.5, 0.6) is 0 Å². The molecule has 3 aromatic heterocycles. The summed E-state index contributed by atoms with van der Waals surface area (Å²) in [4.78, 5) is 5.11. The number of benzene rings is 2. The van der Waals surface area contributed by atoms with E-state index in [2.05, 4.69) is 100 Å². The standard InChI is InChI=1S/C29H17N3/c1-5-14-24-20(10-1)21-11-2-6-15-25(21)31(24)28-18-9-19-29(30-28)32-26-16-7-3-12-22(26)23-13-4-8-17-27(23)32/h1-3,5-6,8,10-12,14-15,17-18H,7,16H2. The maximum Gasteiger partial charge on any atom is 0.192 e. The number of rotatable bonds is 2. The van der Waals surface area contributed by atoms with Gasteiger partial charge in [0.2, 0.25) is 0 Å². The molecule has 0 fully saturated rings. The molecule has 0 saturated carbocycles. The van der Waals surface area contributed by atoms with E-state index in [1.165, 1.54) is 22.0 Å². The summed E-state index contributed by atoms with van der Waals surface area (Å²) in [5.74, 6) is 1.59. The van der Waals surface area contributed by atoms with Crippen molar-refractivity contribution in [2.45, 2.75) is 12.8 Å². The summed E-state index contributed by atoms with van der Waals surface area (Å²) in [6, 6.07) is 35.8. The Morgan fingerprint density at radius 1 is 0.781 bits per heavy atom. The molecule has 0 saturated heterocycles. The lowest BCUT2D eigenvalue weighted by Crippen LogP contribution is -2.06. The number of hydrogen-bond acceptors (Lipinski definition) is 1. The van der Waals surface area contributed by atoms with Crippen molar-refractivity contribution in [3.05, 3.63) is 108 Å². The van der Waals surface area contributed by atoms with Crippen LogP contribution in [0.1, 0.15) is 17.7 Å². The van der Waals surface area contributed by atoms with Crippen molar-refractivity contribution in [1.29, 1.82) is 0 Å². The summed E-state index contributed by atoms with van der Waals surface area (Å²) in [7, 11) is 0. The second kappa shape index (κ2) is 6.51. The second-order valence-corrected chi connectivity index (χ2v) is 8.08. The summed E-state index contributed by atoms with van der Waals surface area (Å²) in [5.41, 5.74) is 5.81. The largest absolute Gasteiger partial charge is 0.293 e. The van der Waals surface area contributed by atoms with E-state index in [1.807, 2.05) is 12.1 Å². The Bertz CT molecular complexity index is 1630. The molecule has 3 heterocycles. The minimum atomic E-state index is 0.755. The number of nitrogens with zero attached hydrogens (tertiary/aromatic N) is 3. The van der Waals surface area contributed by atoms with E-state index in [-0.39, 0.29) is 0 Å². The lowest BCUT2D eigenvalue weighted by Gasteiger charge is -2.12. The van der Waals surface area contributed by atoms with E-state index in [1.54, 1.807) is 0 Å². The van der Waals surface area contributed by atoms with E-state index in [0.717, 1.165) is 46.4 Å². The van der Waals surface area contributed by atoms with Crippen LogP contribution in [0.4, 0.5) is 0 Å². The maximum absolute atomic E-state index is 5.11. The molecule has 0 N–H and O–H groups in total. The Morgan fingerprint density at radius 2 is 1.56 bits per heavy atom. The van der Waals surface area contributed by atoms with Gasteiger partial charge in [-0.25, -0.2) is 4.98 Å². The van der Waals surface area contributed by atoms with Gasteiger partial charge in [0.25, 0.3) is 0 Å². The van der Waals surface area contributed by atoms with Crippen LogP contribution in [-0.2, 0) is 6.42 Å². The average molecular weight is 407 g/mol. The van der Waals surface area contributed by atoms with Crippen LogP contribution in [0, 0.1) is 24.3 Å². The van der Waals surface area contributed by atoms with Crippen molar-refractivity contribution in [2.24, 2.45) is 0 Å². The van der Waals surface area contributed by atoms with Gasteiger partial charge < -0.3 is 0 Å². The molecule has 7 rings (SSSR count). The smallest absolute Gasteiger partial charge is 0.192 e. The number of aromatic nitrogens is 3. The zero-order valence-corrected chi connectivity index (χ0v) is 17.3. The first-order valence-corrected chi connectivity index (χ1v) is 10.8. The molecule has 1 aliphatic carbocycles. The third kappa shape index (κ3) is 2.31. The van der Waals surface area contributed by atoms with Crippen LogP contribution < -0.4 is 0 Å². The number of hydrogen-bond donors (Lipinski definition) is 0. The molecule has 0 amide bonds. The van der Waals surface area contributed by atoms with Crippen LogP contribution in [0.3, 0.4) is 0 Å². The Morgan fingerprint density at radius 3 is 2.38 bits per heavy atom. The molecule has 0 spiro atoms. The Hall–Kier alpha value is -4.47. The monoisotopic (exact) mass is 407 g/mol. The predicted octanol–water partition coefficient (Wildman–Crippen LogP) is 6.28. The zero-order chi connectivity index (χ0) is 21.1. The average Bonchev–Trinajstić information content (AvgIpc) is 3.37. The van der Waals surface area contributed by atoms with Gasteiger partial charge in [0.15, 0.2) is 5.82 Å². The molecule has 3 aromatic carbocycles. The normalized spacial score (nSPS) is 12.8. The van der Waals surface area contributed by atoms with Crippen LogP contribution >= 0.6 is 0 Å². The van der Waals surface area contributed by atoms with Crippen molar-refractivity contribution >= 4 is 38.8 Å². The lowest BCUT2D eigenvalue weighted by molar-refractivity contribution is 0.867. The third-order valence-electron chi connectivity index (χ3n) is 6.33. The molecule has 0 atom stereocenters. The molecule has 0 aliphatic heterocycles. The molecular weight excluding hydrogens is 390 g/mol. The molecule has 1 aliphatic rings. The first-order chi connectivity index (χ1) is 15.9. The number of para-hydroxylation sites is 2. The van der Waals surface area contributed by atoms with Gasteiger partial charge in [-0.1, -0.05) is 66.7 Å². The van der Waals surface area contributed by atoms with Gasteiger partial charge in [0.1, 0.15) is 5.82 Å². The van der Waals surface area contributed by atoms with Crippen molar-refractivity contribution in [2.75, 3.05) is 0 Å². The molecule has 0 unspecified atom stereocenters. The Balaban J connectivity index is 1.53.